The SMILES string of the molecule is Fc1ccc(COc2cccc(/C=N\Nc3nc(N4CCCC4)nc(N4CCCC4)n3)c2)cc1. The summed E-state index contributed by atoms with van der Waals surface area (Å²) in [6.07, 6.45) is 6.34. The number of anilines is 3. The van der Waals surface area contributed by atoms with Gasteiger partial charge in [-0.3, -0.25) is 0 Å². The molecule has 0 atom stereocenters. The summed E-state index contributed by atoms with van der Waals surface area (Å²) in [6, 6.07) is 13.9. The fourth-order valence-electron chi connectivity index (χ4n) is 4.12. The first-order chi connectivity index (χ1) is 16.7. The molecule has 3 aromatic rings. The predicted molar refractivity (Wildman–Crippen MR) is 131 cm³/mol. The number of nitrogens with one attached hydrogen (secondary N) is 1. The second-order valence-corrected chi connectivity index (χ2v) is 8.50. The molecule has 2 fully saturated rings. The van der Waals surface area contributed by atoms with Gasteiger partial charge in [-0.15, -0.1) is 0 Å². The van der Waals surface area contributed by atoms with Gasteiger partial charge >= 0.3 is 0 Å². The van der Waals surface area contributed by atoms with Crippen LogP contribution in [-0.2, 0) is 6.61 Å². The highest BCUT2D eigenvalue weighted by Gasteiger charge is 2.21. The lowest BCUT2D eigenvalue weighted by molar-refractivity contribution is 0.306. The summed E-state index contributed by atoms with van der Waals surface area (Å²) < 4.78 is 18.9. The van der Waals surface area contributed by atoms with Crippen LogP contribution in [0.25, 0.3) is 0 Å². The summed E-state index contributed by atoms with van der Waals surface area (Å²) in [6.45, 7) is 4.24. The second-order valence-electron chi connectivity index (χ2n) is 8.50. The largest absolute Gasteiger partial charge is 0.489 e. The zero-order chi connectivity index (χ0) is 23.2. The summed E-state index contributed by atoms with van der Waals surface area (Å²) in [4.78, 5) is 18.3. The molecule has 2 aliphatic rings. The van der Waals surface area contributed by atoms with Gasteiger partial charge in [-0.25, -0.2) is 9.82 Å². The Morgan fingerprint density at radius 1 is 0.882 bits per heavy atom. The van der Waals surface area contributed by atoms with Crippen LogP contribution < -0.4 is 20.0 Å². The summed E-state index contributed by atoms with van der Waals surface area (Å²) >= 11 is 0. The number of hydrogen-bond acceptors (Lipinski definition) is 8. The number of rotatable bonds is 8. The van der Waals surface area contributed by atoms with Crippen LogP contribution in [0.3, 0.4) is 0 Å². The Kier molecular flexibility index (Phi) is 6.78. The molecular formula is C25H28FN7O. The van der Waals surface area contributed by atoms with Crippen molar-refractivity contribution in [1.82, 2.24) is 15.0 Å². The summed E-state index contributed by atoms with van der Waals surface area (Å²) in [7, 11) is 0. The Balaban J connectivity index is 1.25. The van der Waals surface area contributed by atoms with E-state index in [0.717, 1.165) is 63.0 Å². The van der Waals surface area contributed by atoms with E-state index in [1.165, 1.54) is 12.1 Å². The van der Waals surface area contributed by atoms with Crippen LogP contribution in [0, 0.1) is 5.82 Å². The minimum Gasteiger partial charge on any atom is -0.489 e. The van der Waals surface area contributed by atoms with Crippen LogP contribution >= 0.6 is 0 Å². The van der Waals surface area contributed by atoms with E-state index in [0.29, 0.717) is 30.2 Å². The predicted octanol–water partition coefficient (Wildman–Crippen LogP) is 4.24. The molecule has 0 unspecified atom stereocenters. The number of hydrogen-bond donors (Lipinski definition) is 1. The molecule has 0 bridgehead atoms. The number of halogens is 1. The van der Waals surface area contributed by atoms with Crippen LogP contribution in [0.2, 0.25) is 0 Å². The molecule has 8 nitrogen and oxygen atoms in total. The van der Waals surface area contributed by atoms with Gasteiger partial charge in [-0.2, -0.15) is 20.1 Å². The van der Waals surface area contributed by atoms with Gasteiger partial charge in [0.15, 0.2) is 0 Å². The van der Waals surface area contributed by atoms with Crippen molar-refractivity contribution in [2.24, 2.45) is 5.10 Å². The Labute approximate surface area is 198 Å². The van der Waals surface area contributed by atoms with Gasteiger partial charge < -0.3 is 14.5 Å². The highest BCUT2D eigenvalue weighted by Crippen LogP contribution is 2.23. The molecule has 3 heterocycles. The highest BCUT2D eigenvalue weighted by molar-refractivity contribution is 5.80. The van der Waals surface area contributed by atoms with E-state index in [2.05, 4.69) is 30.3 Å². The fraction of sp³-hybridized carbons (Fsp3) is 0.360. The molecule has 2 aromatic carbocycles. The fourth-order valence-corrected chi connectivity index (χ4v) is 4.12. The normalized spacial score (nSPS) is 15.9. The molecule has 1 N–H and O–H groups in total. The Morgan fingerprint density at radius 3 is 2.18 bits per heavy atom. The summed E-state index contributed by atoms with van der Waals surface area (Å²) in [5.41, 5.74) is 4.76. The van der Waals surface area contributed by atoms with Gasteiger partial charge in [0.1, 0.15) is 18.2 Å². The number of hydrazone groups is 1. The summed E-state index contributed by atoms with van der Waals surface area (Å²) in [5.74, 6) is 2.32. The minimum absolute atomic E-state index is 0.257. The molecule has 5 rings (SSSR count). The van der Waals surface area contributed by atoms with Crippen LogP contribution in [0.5, 0.6) is 5.75 Å². The van der Waals surface area contributed by atoms with Crippen molar-refractivity contribution in [3.8, 4) is 5.75 Å². The molecule has 0 spiro atoms. The van der Waals surface area contributed by atoms with Gasteiger partial charge in [0.2, 0.25) is 17.8 Å². The molecule has 0 aliphatic carbocycles. The van der Waals surface area contributed by atoms with E-state index in [4.69, 9.17) is 9.72 Å². The number of ether oxygens (including phenoxy) is 1. The molecule has 0 radical (unpaired) electrons. The van der Waals surface area contributed by atoms with Crippen molar-refractivity contribution < 1.29 is 9.13 Å². The average molecular weight is 462 g/mol. The Hall–Kier alpha value is -3.75. The average Bonchev–Trinajstić information content (AvgIpc) is 3.59. The van der Waals surface area contributed by atoms with Crippen LogP contribution in [0.15, 0.2) is 53.6 Å². The Morgan fingerprint density at radius 2 is 1.53 bits per heavy atom. The lowest BCUT2D eigenvalue weighted by Crippen LogP contribution is -2.25. The number of aromatic nitrogens is 3. The maximum atomic E-state index is 13.1. The molecule has 1 aromatic heterocycles. The van der Waals surface area contributed by atoms with E-state index in [1.807, 2.05) is 24.3 Å². The maximum absolute atomic E-state index is 13.1. The highest BCUT2D eigenvalue weighted by atomic mass is 19.1. The van der Waals surface area contributed by atoms with Crippen LogP contribution in [-0.4, -0.2) is 47.3 Å². The van der Waals surface area contributed by atoms with Crippen molar-refractivity contribution in [3.05, 3.63) is 65.5 Å². The zero-order valence-corrected chi connectivity index (χ0v) is 19.0. The molecule has 0 amide bonds. The molecule has 0 saturated carbocycles. The lowest BCUT2D eigenvalue weighted by atomic mass is 10.2. The standard InChI is InChI=1S/C25H28FN7O/c26-21-10-8-19(9-11-21)18-34-22-7-5-6-20(16-22)17-27-31-23-28-24(32-12-1-2-13-32)30-25(29-23)33-14-3-4-15-33/h5-11,16-17H,1-4,12-15,18H2,(H,28,29,30,31)/b27-17-. The first kappa shape index (κ1) is 22.1. The van der Waals surface area contributed by atoms with E-state index in [9.17, 15) is 4.39 Å². The van der Waals surface area contributed by atoms with Crippen LogP contribution in [0.4, 0.5) is 22.2 Å². The number of nitrogens with zero attached hydrogens (tertiary/aromatic N) is 6. The third-order valence-corrected chi connectivity index (χ3v) is 5.94. The molecule has 2 saturated heterocycles. The van der Waals surface area contributed by atoms with E-state index in [1.54, 1.807) is 18.3 Å². The van der Waals surface area contributed by atoms with Gasteiger partial charge in [-0.05, 0) is 61.1 Å². The van der Waals surface area contributed by atoms with Crippen molar-refractivity contribution in [1.29, 1.82) is 0 Å². The van der Waals surface area contributed by atoms with Crippen LogP contribution in [0.1, 0.15) is 36.8 Å². The quantitative estimate of drug-likeness (QED) is 0.397. The topological polar surface area (TPSA) is 78.8 Å². The molecule has 2 aliphatic heterocycles. The van der Waals surface area contributed by atoms with Gasteiger partial charge in [-0.1, -0.05) is 24.3 Å². The van der Waals surface area contributed by atoms with Crippen molar-refractivity contribution in [2.75, 3.05) is 41.4 Å². The molecular weight excluding hydrogens is 433 g/mol. The van der Waals surface area contributed by atoms with Crippen molar-refractivity contribution in [3.63, 3.8) is 0 Å². The zero-order valence-electron chi connectivity index (χ0n) is 19.0. The smallest absolute Gasteiger partial charge is 0.250 e. The minimum atomic E-state index is -0.257. The van der Waals surface area contributed by atoms with Crippen molar-refractivity contribution in [2.45, 2.75) is 32.3 Å². The second kappa shape index (κ2) is 10.5. The van der Waals surface area contributed by atoms with Crippen molar-refractivity contribution >= 4 is 24.1 Å². The van der Waals surface area contributed by atoms with E-state index in [-0.39, 0.29) is 5.82 Å². The molecule has 34 heavy (non-hydrogen) atoms. The first-order valence-electron chi connectivity index (χ1n) is 11.8. The Bertz CT molecular complexity index is 1090. The van der Waals surface area contributed by atoms with E-state index >= 15 is 0 Å². The molecule has 176 valence electrons. The van der Waals surface area contributed by atoms with Gasteiger partial charge in [0.05, 0.1) is 6.21 Å². The van der Waals surface area contributed by atoms with Gasteiger partial charge in [0, 0.05) is 26.2 Å². The third kappa shape index (κ3) is 5.59. The number of benzene rings is 2. The van der Waals surface area contributed by atoms with E-state index < -0.39 is 0 Å². The third-order valence-electron chi connectivity index (χ3n) is 5.94. The lowest BCUT2D eigenvalue weighted by Gasteiger charge is -2.20. The monoisotopic (exact) mass is 461 g/mol. The first-order valence-corrected chi connectivity index (χ1v) is 11.8. The molecule has 9 heteroatoms. The summed E-state index contributed by atoms with van der Waals surface area (Å²) in [5, 5.41) is 4.35. The van der Waals surface area contributed by atoms with Gasteiger partial charge in [0.25, 0.3) is 0 Å². The maximum Gasteiger partial charge on any atom is 0.250 e.